The monoisotopic (exact) mass is 274 g/mol. The van der Waals surface area contributed by atoms with Crippen LogP contribution in [0.4, 0.5) is 14.5 Å². The molecule has 0 unspecified atom stereocenters. The molecule has 0 heterocycles. The van der Waals surface area contributed by atoms with Crippen molar-refractivity contribution in [3.63, 3.8) is 0 Å². The Morgan fingerprint density at radius 1 is 1.53 bits per heavy atom. The number of non-ortho nitro benzene ring substituents is 1. The molecule has 0 spiro atoms. The summed E-state index contributed by atoms with van der Waals surface area (Å²) in [6, 6.07) is 3.59. The average molecular weight is 274 g/mol. The molecule has 0 aliphatic carbocycles. The van der Waals surface area contributed by atoms with E-state index in [-0.39, 0.29) is 11.3 Å². The molecule has 0 fully saturated rings. The van der Waals surface area contributed by atoms with Gasteiger partial charge in [0.05, 0.1) is 11.5 Å². The predicted octanol–water partition coefficient (Wildman–Crippen LogP) is 1.26. The molecule has 104 valence electrons. The smallest absolute Gasteiger partial charge is 0.287 e. The first kappa shape index (κ1) is 15.0. The van der Waals surface area contributed by atoms with Crippen molar-refractivity contribution in [3.8, 4) is 0 Å². The molecule has 1 amide bonds. The fraction of sp³-hybridized carbons (Fsp3) is 0.364. The number of hydrogen-bond donors (Lipinski definition) is 2. The Hall–Kier alpha value is -2.09. The summed E-state index contributed by atoms with van der Waals surface area (Å²) >= 11 is 0. The van der Waals surface area contributed by atoms with Crippen LogP contribution in [0.5, 0.6) is 0 Å². The van der Waals surface area contributed by atoms with Crippen molar-refractivity contribution in [1.29, 1.82) is 0 Å². The molecule has 0 saturated carbocycles. The van der Waals surface area contributed by atoms with Gasteiger partial charge in [-0.25, -0.2) is 8.78 Å². The Morgan fingerprint density at radius 2 is 2.16 bits per heavy atom. The van der Waals surface area contributed by atoms with Gasteiger partial charge >= 0.3 is 0 Å². The summed E-state index contributed by atoms with van der Waals surface area (Å²) in [6.07, 6.45) is 0. The topological polar surface area (TPSA) is 92.5 Å². The maximum atomic E-state index is 12.8. The Labute approximate surface area is 107 Å². The van der Waals surface area contributed by atoms with Crippen LogP contribution in [-0.4, -0.2) is 35.0 Å². The number of benzene rings is 1. The van der Waals surface area contributed by atoms with E-state index < -0.39 is 29.9 Å². The number of aryl methyl sites for hydroxylation is 1. The Morgan fingerprint density at radius 3 is 2.68 bits per heavy atom. The fourth-order valence-corrected chi connectivity index (χ4v) is 1.33. The number of nitro groups is 1. The highest BCUT2D eigenvalue weighted by molar-refractivity contribution is 5.96. The van der Waals surface area contributed by atoms with Gasteiger partial charge in [0.2, 0.25) is 0 Å². The first-order valence-corrected chi connectivity index (χ1v) is 5.29. The van der Waals surface area contributed by atoms with Crippen LogP contribution in [-0.2, 0) is 0 Å². The first-order valence-electron chi connectivity index (χ1n) is 5.29. The molecule has 0 aliphatic heterocycles. The van der Waals surface area contributed by atoms with E-state index >= 15 is 0 Å². The van der Waals surface area contributed by atoms with Gasteiger partial charge < -0.3 is 10.4 Å². The SMILES string of the molecule is Cc1ccc([N+](=O)[O-])cc1C(=O)NCC(F)(F)CO. The number of alkyl halides is 2. The van der Waals surface area contributed by atoms with Gasteiger partial charge in [-0.2, -0.15) is 0 Å². The maximum absolute atomic E-state index is 12.8. The third-order valence-electron chi connectivity index (χ3n) is 2.42. The number of nitro benzene ring substituents is 1. The largest absolute Gasteiger partial charge is 0.390 e. The van der Waals surface area contributed by atoms with Crippen LogP contribution in [0, 0.1) is 17.0 Å². The number of nitrogens with one attached hydrogen (secondary N) is 1. The summed E-state index contributed by atoms with van der Waals surface area (Å²) in [5, 5.41) is 20.9. The van der Waals surface area contributed by atoms with E-state index in [0.29, 0.717) is 5.56 Å². The standard InChI is InChI=1S/C11H12F2N2O4/c1-7-2-3-8(15(18)19)4-9(7)10(17)14-5-11(12,13)6-16/h2-4,16H,5-6H2,1H3,(H,14,17). The lowest BCUT2D eigenvalue weighted by atomic mass is 10.1. The minimum atomic E-state index is -3.43. The van der Waals surface area contributed by atoms with Crippen LogP contribution in [0.2, 0.25) is 0 Å². The Bertz CT molecular complexity index is 505. The Kier molecular flexibility index (Phi) is 4.49. The summed E-state index contributed by atoms with van der Waals surface area (Å²) < 4.78 is 25.5. The molecule has 19 heavy (non-hydrogen) atoms. The maximum Gasteiger partial charge on any atom is 0.287 e. The quantitative estimate of drug-likeness (QED) is 0.624. The molecule has 1 aromatic carbocycles. The van der Waals surface area contributed by atoms with Crippen LogP contribution in [0.25, 0.3) is 0 Å². The summed E-state index contributed by atoms with van der Waals surface area (Å²) in [6.45, 7) is -0.894. The molecule has 8 heteroatoms. The lowest BCUT2D eigenvalue weighted by Gasteiger charge is -2.14. The molecule has 0 radical (unpaired) electrons. The third-order valence-corrected chi connectivity index (χ3v) is 2.42. The number of rotatable bonds is 5. The van der Waals surface area contributed by atoms with Gasteiger partial charge in [0.25, 0.3) is 17.5 Å². The van der Waals surface area contributed by atoms with Gasteiger partial charge in [-0.05, 0) is 12.5 Å². The van der Waals surface area contributed by atoms with E-state index in [4.69, 9.17) is 5.11 Å². The molecule has 1 rings (SSSR count). The van der Waals surface area contributed by atoms with Crippen LogP contribution < -0.4 is 5.32 Å². The predicted molar refractivity (Wildman–Crippen MR) is 62.2 cm³/mol. The van der Waals surface area contributed by atoms with Crippen LogP contribution >= 0.6 is 0 Å². The fourth-order valence-electron chi connectivity index (χ4n) is 1.33. The highest BCUT2D eigenvalue weighted by Gasteiger charge is 2.28. The molecule has 0 atom stereocenters. The molecule has 0 aromatic heterocycles. The lowest BCUT2D eigenvalue weighted by molar-refractivity contribution is -0.384. The van der Waals surface area contributed by atoms with Gasteiger partial charge in [-0.15, -0.1) is 0 Å². The molecule has 0 saturated heterocycles. The second-order valence-corrected chi connectivity index (χ2v) is 3.95. The molecule has 1 aromatic rings. The number of hydrogen-bond acceptors (Lipinski definition) is 4. The molecule has 0 aliphatic rings. The average Bonchev–Trinajstić information content (AvgIpc) is 2.36. The van der Waals surface area contributed by atoms with Gasteiger partial charge in [0.1, 0.15) is 6.61 Å². The molecule has 6 nitrogen and oxygen atoms in total. The zero-order valence-corrected chi connectivity index (χ0v) is 10.0. The molecule has 0 bridgehead atoms. The number of halogens is 2. The second kappa shape index (κ2) is 5.70. The van der Waals surface area contributed by atoms with Gasteiger partial charge in [-0.1, -0.05) is 6.07 Å². The zero-order chi connectivity index (χ0) is 14.6. The number of aliphatic hydroxyl groups is 1. The number of carbonyl (C=O) groups is 1. The van der Waals surface area contributed by atoms with Crippen molar-refractivity contribution in [2.45, 2.75) is 12.8 Å². The van der Waals surface area contributed by atoms with E-state index in [0.717, 1.165) is 6.07 Å². The minimum absolute atomic E-state index is 0.0528. The molecular weight excluding hydrogens is 262 g/mol. The van der Waals surface area contributed by atoms with Gasteiger partial charge in [0.15, 0.2) is 0 Å². The third kappa shape index (κ3) is 3.95. The van der Waals surface area contributed by atoms with Crippen molar-refractivity contribution in [3.05, 3.63) is 39.4 Å². The van der Waals surface area contributed by atoms with Crippen LogP contribution in [0.3, 0.4) is 0 Å². The first-order chi connectivity index (χ1) is 8.76. The number of amides is 1. The number of carbonyl (C=O) groups excluding carboxylic acids is 1. The summed E-state index contributed by atoms with van der Waals surface area (Å²) in [7, 11) is 0. The summed E-state index contributed by atoms with van der Waals surface area (Å²) in [4.78, 5) is 21.5. The van der Waals surface area contributed by atoms with E-state index in [1.807, 2.05) is 5.32 Å². The number of nitrogens with zero attached hydrogens (tertiary/aromatic N) is 1. The zero-order valence-electron chi connectivity index (χ0n) is 10.0. The minimum Gasteiger partial charge on any atom is -0.390 e. The highest BCUT2D eigenvalue weighted by Crippen LogP contribution is 2.18. The highest BCUT2D eigenvalue weighted by atomic mass is 19.3. The van der Waals surface area contributed by atoms with Crippen LogP contribution in [0.1, 0.15) is 15.9 Å². The van der Waals surface area contributed by atoms with E-state index in [1.54, 1.807) is 0 Å². The van der Waals surface area contributed by atoms with Crippen molar-refractivity contribution >= 4 is 11.6 Å². The number of aliphatic hydroxyl groups excluding tert-OH is 1. The van der Waals surface area contributed by atoms with Crippen LogP contribution in [0.15, 0.2) is 18.2 Å². The van der Waals surface area contributed by atoms with Gasteiger partial charge in [-0.3, -0.25) is 14.9 Å². The van der Waals surface area contributed by atoms with Crippen molar-refractivity contribution in [2.75, 3.05) is 13.2 Å². The molecule has 2 N–H and O–H groups in total. The van der Waals surface area contributed by atoms with Crippen molar-refractivity contribution in [1.82, 2.24) is 5.32 Å². The van der Waals surface area contributed by atoms with Crippen molar-refractivity contribution < 1.29 is 23.6 Å². The van der Waals surface area contributed by atoms with E-state index in [9.17, 15) is 23.7 Å². The van der Waals surface area contributed by atoms with Crippen molar-refractivity contribution in [2.24, 2.45) is 0 Å². The lowest BCUT2D eigenvalue weighted by Crippen LogP contribution is -2.39. The summed E-state index contributed by atoms with van der Waals surface area (Å²) in [5.41, 5.74) is 0.0722. The van der Waals surface area contributed by atoms with E-state index in [1.165, 1.54) is 19.1 Å². The Balaban J connectivity index is 2.88. The normalized spacial score (nSPS) is 11.2. The summed E-state index contributed by atoms with van der Waals surface area (Å²) in [5.74, 6) is -4.28. The van der Waals surface area contributed by atoms with Gasteiger partial charge in [0, 0.05) is 17.7 Å². The second-order valence-electron chi connectivity index (χ2n) is 3.95. The molecular formula is C11H12F2N2O4. The van der Waals surface area contributed by atoms with E-state index in [2.05, 4.69) is 0 Å².